The highest BCUT2D eigenvalue weighted by Gasteiger charge is 2.23. The lowest BCUT2D eigenvalue weighted by Crippen LogP contribution is -2.45. The first kappa shape index (κ1) is 12.4. The molecule has 1 atom stereocenters. The summed E-state index contributed by atoms with van der Waals surface area (Å²) in [6, 6.07) is 22.8. The van der Waals surface area contributed by atoms with Crippen molar-refractivity contribution >= 4 is 0 Å². The molecule has 2 aromatic rings. The Labute approximate surface area is 115 Å². The molecular formula is C17H19N2. The highest BCUT2D eigenvalue weighted by Crippen LogP contribution is 2.28. The van der Waals surface area contributed by atoms with Crippen molar-refractivity contribution in [1.29, 1.82) is 0 Å². The highest BCUT2D eigenvalue weighted by molar-refractivity contribution is 5.31. The molecule has 0 bridgehead atoms. The number of benzene rings is 2. The average Bonchev–Trinajstić information content (AvgIpc) is 2.51. The van der Waals surface area contributed by atoms with Crippen LogP contribution in [-0.4, -0.2) is 31.1 Å². The number of nitrogens with one attached hydrogen (secondary N) is 1. The Morgan fingerprint density at radius 2 is 1.68 bits per heavy atom. The molecule has 1 radical (unpaired) electrons. The predicted octanol–water partition coefficient (Wildman–Crippen LogP) is 2.48. The summed E-state index contributed by atoms with van der Waals surface area (Å²) in [6.45, 7) is 4.30. The zero-order valence-corrected chi connectivity index (χ0v) is 11.0. The first-order valence-corrected chi connectivity index (χ1v) is 6.91. The maximum Gasteiger partial charge on any atom is 0.0608 e. The van der Waals surface area contributed by atoms with Gasteiger partial charge in [-0.3, -0.25) is 4.90 Å². The van der Waals surface area contributed by atoms with Crippen molar-refractivity contribution in [2.45, 2.75) is 6.04 Å². The van der Waals surface area contributed by atoms with Crippen LogP contribution in [-0.2, 0) is 0 Å². The third kappa shape index (κ3) is 2.86. The van der Waals surface area contributed by atoms with Crippen LogP contribution in [0.3, 0.4) is 0 Å². The SMILES string of the molecule is [c]1ccccc1C(c1ccccc1)N1CCNCC1. The van der Waals surface area contributed by atoms with Crippen molar-refractivity contribution in [3.8, 4) is 0 Å². The zero-order valence-electron chi connectivity index (χ0n) is 11.0. The topological polar surface area (TPSA) is 15.3 Å². The van der Waals surface area contributed by atoms with Crippen LogP contribution < -0.4 is 5.32 Å². The van der Waals surface area contributed by atoms with Gasteiger partial charge in [0.2, 0.25) is 0 Å². The van der Waals surface area contributed by atoms with Gasteiger partial charge in [0.05, 0.1) is 6.04 Å². The molecule has 1 unspecified atom stereocenters. The molecule has 0 aliphatic carbocycles. The second kappa shape index (κ2) is 6.00. The monoisotopic (exact) mass is 251 g/mol. The van der Waals surface area contributed by atoms with E-state index in [-0.39, 0.29) is 0 Å². The Balaban J connectivity index is 1.96. The molecule has 1 fully saturated rings. The molecule has 2 nitrogen and oxygen atoms in total. The molecule has 1 aliphatic heterocycles. The Bertz CT molecular complexity index is 450. The molecule has 0 saturated carbocycles. The third-order valence-electron chi connectivity index (χ3n) is 3.66. The second-order valence-corrected chi connectivity index (χ2v) is 4.92. The van der Waals surface area contributed by atoms with Gasteiger partial charge in [-0.05, 0) is 17.2 Å². The van der Waals surface area contributed by atoms with Crippen molar-refractivity contribution in [2.75, 3.05) is 26.2 Å². The summed E-state index contributed by atoms with van der Waals surface area (Å²) in [7, 11) is 0. The Morgan fingerprint density at radius 1 is 0.947 bits per heavy atom. The van der Waals surface area contributed by atoms with Crippen LogP contribution in [0.4, 0.5) is 0 Å². The van der Waals surface area contributed by atoms with Gasteiger partial charge >= 0.3 is 0 Å². The van der Waals surface area contributed by atoms with Crippen LogP contribution in [0.1, 0.15) is 17.2 Å². The molecule has 1 heterocycles. The number of piperazine rings is 1. The van der Waals surface area contributed by atoms with Crippen LogP contribution in [0.15, 0.2) is 54.6 Å². The van der Waals surface area contributed by atoms with E-state index in [1.165, 1.54) is 11.1 Å². The van der Waals surface area contributed by atoms with E-state index in [9.17, 15) is 0 Å². The normalized spacial score (nSPS) is 16.7. The van der Waals surface area contributed by atoms with Gasteiger partial charge in [-0.1, -0.05) is 54.6 Å². The summed E-state index contributed by atoms with van der Waals surface area (Å²) < 4.78 is 0. The summed E-state index contributed by atoms with van der Waals surface area (Å²) >= 11 is 0. The van der Waals surface area contributed by atoms with Crippen molar-refractivity contribution in [1.82, 2.24) is 10.2 Å². The van der Waals surface area contributed by atoms with Crippen LogP contribution in [0.2, 0.25) is 0 Å². The summed E-state index contributed by atoms with van der Waals surface area (Å²) in [5.74, 6) is 0. The fraction of sp³-hybridized carbons (Fsp3) is 0.294. The molecule has 0 amide bonds. The zero-order chi connectivity index (χ0) is 12.9. The number of hydrogen-bond acceptors (Lipinski definition) is 2. The quantitative estimate of drug-likeness (QED) is 0.901. The van der Waals surface area contributed by atoms with Crippen LogP contribution in [0, 0.1) is 6.07 Å². The number of rotatable bonds is 3. The fourth-order valence-electron chi connectivity index (χ4n) is 2.74. The fourth-order valence-corrected chi connectivity index (χ4v) is 2.74. The molecule has 1 aliphatic rings. The number of hydrogen-bond donors (Lipinski definition) is 1. The molecule has 0 aromatic heterocycles. The average molecular weight is 251 g/mol. The first-order chi connectivity index (χ1) is 9.45. The predicted molar refractivity (Wildman–Crippen MR) is 78.0 cm³/mol. The Hall–Kier alpha value is -1.64. The van der Waals surface area contributed by atoms with Crippen LogP contribution in [0.5, 0.6) is 0 Å². The lowest BCUT2D eigenvalue weighted by atomic mass is 9.96. The van der Waals surface area contributed by atoms with E-state index in [0.717, 1.165) is 26.2 Å². The molecule has 19 heavy (non-hydrogen) atoms. The van der Waals surface area contributed by atoms with E-state index in [4.69, 9.17) is 0 Å². The minimum absolute atomic E-state index is 0.324. The van der Waals surface area contributed by atoms with E-state index in [1.807, 2.05) is 12.1 Å². The van der Waals surface area contributed by atoms with Crippen molar-refractivity contribution in [3.63, 3.8) is 0 Å². The largest absolute Gasteiger partial charge is 0.314 e. The molecule has 2 heteroatoms. The van der Waals surface area contributed by atoms with Crippen LogP contribution in [0.25, 0.3) is 0 Å². The van der Waals surface area contributed by atoms with Gasteiger partial charge in [0.1, 0.15) is 0 Å². The third-order valence-corrected chi connectivity index (χ3v) is 3.66. The van der Waals surface area contributed by atoms with Gasteiger partial charge in [-0.15, -0.1) is 0 Å². The van der Waals surface area contributed by atoms with Gasteiger partial charge in [0, 0.05) is 26.2 Å². The minimum Gasteiger partial charge on any atom is -0.314 e. The lowest BCUT2D eigenvalue weighted by Gasteiger charge is -2.35. The summed E-state index contributed by atoms with van der Waals surface area (Å²) in [6.07, 6.45) is 0. The van der Waals surface area contributed by atoms with E-state index < -0.39 is 0 Å². The Morgan fingerprint density at radius 3 is 2.37 bits per heavy atom. The molecule has 2 aromatic carbocycles. The van der Waals surface area contributed by atoms with Gasteiger partial charge < -0.3 is 5.32 Å². The number of nitrogens with zero attached hydrogens (tertiary/aromatic N) is 1. The van der Waals surface area contributed by atoms with E-state index >= 15 is 0 Å². The van der Waals surface area contributed by atoms with Gasteiger partial charge in [-0.2, -0.15) is 0 Å². The smallest absolute Gasteiger partial charge is 0.0608 e. The molecular weight excluding hydrogens is 232 g/mol. The maximum absolute atomic E-state index is 3.42. The van der Waals surface area contributed by atoms with E-state index in [1.54, 1.807) is 0 Å². The highest BCUT2D eigenvalue weighted by atomic mass is 15.2. The molecule has 1 saturated heterocycles. The van der Waals surface area contributed by atoms with Crippen molar-refractivity contribution < 1.29 is 0 Å². The summed E-state index contributed by atoms with van der Waals surface area (Å²) in [5, 5.41) is 3.42. The van der Waals surface area contributed by atoms with Crippen LogP contribution >= 0.6 is 0 Å². The van der Waals surface area contributed by atoms with Crippen molar-refractivity contribution in [3.05, 3.63) is 71.8 Å². The summed E-state index contributed by atoms with van der Waals surface area (Å²) in [4.78, 5) is 2.54. The minimum atomic E-state index is 0.324. The second-order valence-electron chi connectivity index (χ2n) is 4.92. The maximum atomic E-state index is 3.42. The van der Waals surface area contributed by atoms with Gasteiger partial charge in [0.25, 0.3) is 0 Å². The van der Waals surface area contributed by atoms with Gasteiger partial charge in [-0.25, -0.2) is 0 Å². The molecule has 3 rings (SSSR count). The van der Waals surface area contributed by atoms with E-state index in [0.29, 0.717) is 6.04 Å². The molecule has 97 valence electrons. The Kier molecular flexibility index (Phi) is 3.92. The standard InChI is InChI=1S/C17H19N2/c1-3-7-15(8-4-1)17(16-9-5-2-6-10-16)19-13-11-18-12-14-19/h1-9,17-18H,11-14H2. The first-order valence-electron chi connectivity index (χ1n) is 6.91. The molecule has 0 spiro atoms. The van der Waals surface area contributed by atoms with E-state index in [2.05, 4.69) is 58.7 Å². The summed E-state index contributed by atoms with van der Waals surface area (Å²) in [5.41, 5.74) is 2.61. The van der Waals surface area contributed by atoms with Gasteiger partial charge in [0.15, 0.2) is 0 Å². The molecule has 1 N–H and O–H groups in total. The lowest BCUT2D eigenvalue weighted by molar-refractivity contribution is 0.198. The van der Waals surface area contributed by atoms with Crippen molar-refractivity contribution in [2.24, 2.45) is 0 Å².